The maximum absolute atomic E-state index is 13.7. The van der Waals surface area contributed by atoms with E-state index in [0.29, 0.717) is 31.0 Å². The summed E-state index contributed by atoms with van der Waals surface area (Å²) in [6.07, 6.45) is 4.45. The normalized spacial score (nSPS) is 25.9. The smallest absolute Gasteiger partial charge is 0.328 e. The molecule has 1 aromatic heterocycles. The molecule has 2 saturated heterocycles. The van der Waals surface area contributed by atoms with Crippen molar-refractivity contribution in [1.82, 2.24) is 20.5 Å². The molecule has 0 radical (unpaired) electrons. The van der Waals surface area contributed by atoms with Gasteiger partial charge in [-0.3, -0.25) is 14.4 Å². The second kappa shape index (κ2) is 10.4. The van der Waals surface area contributed by atoms with E-state index in [2.05, 4.69) is 15.6 Å². The van der Waals surface area contributed by atoms with Crippen LogP contribution in [0.5, 0.6) is 5.75 Å². The number of benzene rings is 1. The van der Waals surface area contributed by atoms with Crippen LogP contribution in [-0.2, 0) is 19.1 Å². The lowest BCUT2D eigenvalue weighted by Crippen LogP contribution is -2.54. The number of nitrogens with one attached hydrogen (secondary N) is 3. The topological polar surface area (TPSA) is 130 Å². The Kier molecular flexibility index (Phi) is 7.08. The van der Waals surface area contributed by atoms with Gasteiger partial charge in [-0.25, -0.2) is 4.79 Å². The SMILES string of the molecule is COC(=O)[C@H](C[C@@H]1CCCNC1=O)NC(=O)[C@@H]1[C@H]2CCC[C@H]2CN1C(=O)c1cc2c(OC)cccc2[nH]1. The molecular formula is C27H34N4O6. The monoisotopic (exact) mass is 510 g/mol. The molecular weight excluding hydrogens is 476 g/mol. The van der Waals surface area contributed by atoms with E-state index in [1.165, 1.54) is 7.11 Å². The first-order chi connectivity index (χ1) is 17.9. The van der Waals surface area contributed by atoms with Gasteiger partial charge in [0.1, 0.15) is 23.5 Å². The zero-order valence-electron chi connectivity index (χ0n) is 21.2. The molecule has 1 saturated carbocycles. The van der Waals surface area contributed by atoms with Gasteiger partial charge in [-0.2, -0.15) is 0 Å². The van der Waals surface area contributed by atoms with Crippen LogP contribution in [0.15, 0.2) is 24.3 Å². The number of piperidine rings is 1. The molecule has 10 nitrogen and oxygen atoms in total. The van der Waals surface area contributed by atoms with E-state index in [4.69, 9.17) is 9.47 Å². The Labute approximate surface area is 215 Å². The number of carbonyl (C=O) groups excluding carboxylic acids is 4. The number of hydrogen-bond acceptors (Lipinski definition) is 6. The van der Waals surface area contributed by atoms with Crippen LogP contribution < -0.4 is 15.4 Å². The van der Waals surface area contributed by atoms with Crippen LogP contribution in [0.25, 0.3) is 10.9 Å². The second-order valence-corrected chi connectivity index (χ2v) is 10.3. The van der Waals surface area contributed by atoms with Crippen LogP contribution in [0.2, 0.25) is 0 Å². The van der Waals surface area contributed by atoms with Crippen molar-refractivity contribution in [2.45, 2.75) is 50.6 Å². The summed E-state index contributed by atoms with van der Waals surface area (Å²) in [6.45, 7) is 1.11. The van der Waals surface area contributed by atoms with Gasteiger partial charge in [0.25, 0.3) is 5.91 Å². The zero-order chi connectivity index (χ0) is 26.1. The Morgan fingerprint density at radius 3 is 2.76 bits per heavy atom. The average molecular weight is 511 g/mol. The Morgan fingerprint density at radius 1 is 1.16 bits per heavy atom. The van der Waals surface area contributed by atoms with E-state index >= 15 is 0 Å². The van der Waals surface area contributed by atoms with Crippen molar-refractivity contribution in [3.8, 4) is 5.75 Å². The lowest BCUT2D eigenvalue weighted by Gasteiger charge is -2.30. The molecule has 5 atom stereocenters. The fraction of sp³-hybridized carbons (Fsp3) is 0.556. The van der Waals surface area contributed by atoms with Crippen molar-refractivity contribution >= 4 is 34.6 Å². The molecule has 1 aliphatic carbocycles. The Balaban J connectivity index is 1.38. The summed E-state index contributed by atoms with van der Waals surface area (Å²) in [4.78, 5) is 57.2. The van der Waals surface area contributed by atoms with E-state index in [1.54, 1.807) is 18.1 Å². The molecule has 10 heteroatoms. The minimum absolute atomic E-state index is 0.0270. The molecule has 0 bridgehead atoms. The number of nitrogens with zero attached hydrogens (tertiary/aromatic N) is 1. The number of fused-ring (bicyclic) bond motifs is 2. The van der Waals surface area contributed by atoms with Crippen LogP contribution in [0, 0.1) is 17.8 Å². The number of rotatable bonds is 7. The highest BCUT2D eigenvalue weighted by Gasteiger charge is 2.50. The van der Waals surface area contributed by atoms with Crippen molar-refractivity contribution in [2.75, 3.05) is 27.3 Å². The molecule has 2 aliphatic heterocycles. The van der Waals surface area contributed by atoms with Gasteiger partial charge >= 0.3 is 5.97 Å². The molecule has 0 unspecified atom stereocenters. The van der Waals surface area contributed by atoms with Gasteiger partial charge in [-0.1, -0.05) is 12.5 Å². The molecule has 5 rings (SSSR count). The zero-order valence-corrected chi connectivity index (χ0v) is 21.2. The van der Waals surface area contributed by atoms with Gasteiger partial charge in [0.05, 0.1) is 14.2 Å². The molecule has 1 aromatic carbocycles. The van der Waals surface area contributed by atoms with Crippen LogP contribution in [0.4, 0.5) is 0 Å². The lowest BCUT2D eigenvalue weighted by molar-refractivity contribution is -0.146. The quantitative estimate of drug-likeness (QED) is 0.489. The van der Waals surface area contributed by atoms with Gasteiger partial charge in [0, 0.05) is 29.9 Å². The Bertz CT molecular complexity index is 1210. The van der Waals surface area contributed by atoms with Crippen LogP contribution >= 0.6 is 0 Å². The maximum atomic E-state index is 13.7. The number of aromatic amines is 1. The number of hydrogen-bond donors (Lipinski definition) is 3. The van der Waals surface area contributed by atoms with Gasteiger partial charge in [0.15, 0.2) is 0 Å². The van der Waals surface area contributed by atoms with Gasteiger partial charge in [0.2, 0.25) is 11.8 Å². The minimum atomic E-state index is -0.957. The molecule has 3 aliphatic rings. The molecule has 198 valence electrons. The third-order valence-electron chi connectivity index (χ3n) is 8.22. The van der Waals surface area contributed by atoms with E-state index in [9.17, 15) is 19.2 Å². The number of H-pyrrole nitrogens is 1. The van der Waals surface area contributed by atoms with Crippen molar-refractivity contribution in [3.05, 3.63) is 30.0 Å². The predicted molar refractivity (Wildman–Crippen MR) is 135 cm³/mol. The number of esters is 1. The number of ether oxygens (including phenoxy) is 2. The van der Waals surface area contributed by atoms with Crippen LogP contribution in [-0.4, -0.2) is 73.0 Å². The Hall–Kier alpha value is -3.56. The van der Waals surface area contributed by atoms with Gasteiger partial charge in [-0.15, -0.1) is 0 Å². The third kappa shape index (κ3) is 4.76. The number of methoxy groups -OCH3 is 2. The predicted octanol–water partition coefficient (Wildman–Crippen LogP) is 1.99. The number of likely N-dealkylation sites (tertiary alicyclic amines) is 1. The molecule has 2 aromatic rings. The fourth-order valence-corrected chi connectivity index (χ4v) is 6.38. The van der Waals surface area contributed by atoms with Crippen LogP contribution in [0.3, 0.4) is 0 Å². The maximum Gasteiger partial charge on any atom is 0.328 e. The summed E-state index contributed by atoms with van der Waals surface area (Å²) < 4.78 is 10.4. The first-order valence-electron chi connectivity index (χ1n) is 13.0. The van der Waals surface area contributed by atoms with Gasteiger partial charge in [-0.05, 0) is 62.1 Å². The summed E-state index contributed by atoms with van der Waals surface area (Å²) in [5.41, 5.74) is 1.17. The van der Waals surface area contributed by atoms with E-state index < -0.39 is 18.1 Å². The highest BCUT2D eigenvalue weighted by Crippen LogP contribution is 2.43. The highest BCUT2D eigenvalue weighted by molar-refractivity contribution is 6.02. The molecule has 3 N–H and O–H groups in total. The first kappa shape index (κ1) is 25.1. The fourth-order valence-electron chi connectivity index (χ4n) is 6.38. The van der Waals surface area contributed by atoms with E-state index in [0.717, 1.165) is 36.6 Å². The number of amides is 3. The summed E-state index contributed by atoms with van der Waals surface area (Å²) >= 11 is 0. The minimum Gasteiger partial charge on any atom is -0.496 e. The van der Waals surface area contributed by atoms with Crippen LogP contribution in [0.1, 0.15) is 49.0 Å². The van der Waals surface area contributed by atoms with E-state index in [-0.39, 0.29) is 41.9 Å². The van der Waals surface area contributed by atoms with Gasteiger partial charge < -0.3 is 30.0 Å². The largest absolute Gasteiger partial charge is 0.496 e. The molecule has 3 amide bonds. The molecule has 3 fully saturated rings. The molecule has 37 heavy (non-hydrogen) atoms. The number of carbonyl (C=O) groups is 4. The lowest BCUT2D eigenvalue weighted by atomic mass is 9.90. The number of aromatic nitrogens is 1. The van der Waals surface area contributed by atoms with Crippen molar-refractivity contribution in [2.24, 2.45) is 17.8 Å². The average Bonchev–Trinajstić information content (AvgIpc) is 3.62. The van der Waals surface area contributed by atoms with Crippen molar-refractivity contribution in [3.63, 3.8) is 0 Å². The summed E-state index contributed by atoms with van der Waals surface area (Å²) in [6, 6.07) is 5.67. The standard InChI is InChI=1S/C27H34N4O6/c1-36-22-10-4-9-19-18(22)13-20(29-19)26(34)31-14-16-6-3-8-17(16)23(31)25(33)30-21(27(35)37-2)12-15-7-5-11-28-24(15)32/h4,9-10,13,15-17,21,23,29H,3,5-8,11-12,14H2,1-2H3,(H,28,32)(H,30,33)/t15-,16-,17-,21-,23-/m0/s1. The third-order valence-corrected chi connectivity index (χ3v) is 8.22. The first-order valence-corrected chi connectivity index (χ1v) is 13.0. The molecule has 0 spiro atoms. The van der Waals surface area contributed by atoms with Crippen molar-refractivity contribution in [1.29, 1.82) is 0 Å². The van der Waals surface area contributed by atoms with Crippen molar-refractivity contribution < 1.29 is 28.7 Å². The summed E-state index contributed by atoms with van der Waals surface area (Å²) in [7, 11) is 2.85. The highest BCUT2D eigenvalue weighted by atomic mass is 16.5. The molecule has 3 heterocycles. The second-order valence-electron chi connectivity index (χ2n) is 10.3. The summed E-state index contributed by atoms with van der Waals surface area (Å²) in [5, 5.41) is 6.47. The van der Waals surface area contributed by atoms with E-state index in [1.807, 2.05) is 18.2 Å². The Morgan fingerprint density at radius 2 is 2.00 bits per heavy atom. The summed E-state index contributed by atoms with van der Waals surface area (Å²) in [5.74, 6) is -0.783.